The molecule has 0 aliphatic heterocycles. The van der Waals surface area contributed by atoms with Gasteiger partial charge < -0.3 is 4.74 Å². The fraction of sp³-hybridized carbons (Fsp3) is 0. The highest BCUT2D eigenvalue weighted by molar-refractivity contribution is 7.12. The lowest BCUT2D eigenvalue weighted by atomic mass is 10.2. The van der Waals surface area contributed by atoms with Crippen LogP contribution in [0.1, 0.15) is 15.2 Å². The van der Waals surface area contributed by atoms with Gasteiger partial charge in [0.15, 0.2) is 0 Å². The smallest absolute Gasteiger partial charge is 0.353 e. The summed E-state index contributed by atoms with van der Waals surface area (Å²) in [7, 11) is 0. The van der Waals surface area contributed by atoms with Gasteiger partial charge in [-0.05, 0) is 53.4 Å². The predicted molar refractivity (Wildman–Crippen MR) is 93.4 cm³/mol. The maximum atomic E-state index is 11.8. The normalized spacial score (nSPS) is 10.6. The van der Waals surface area contributed by atoms with Gasteiger partial charge in [0.1, 0.15) is 10.6 Å². The van der Waals surface area contributed by atoms with Crippen molar-refractivity contribution in [3.05, 3.63) is 82.6 Å². The Labute approximate surface area is 138 Å². The molecule has 0 bridgehead atoms. The molecule has 0 radical (unpaired) electrons. The monoisotopic (exact) mass is 322 g/mol. The first-order valence-electron chi connectivity index (χ1n) is 7.01. The summed E-state index contributed by atoms with van der Waals surface area (Å²) in [5.41, 5.74) is 4.77. The average Bonchev–Trinajstić information content (AvgIpc) is 3.12. The fourth-order valence-electron chi connectivity index (χ4n) is 1.87. The standard InChI is InChI=1S/C18H14N2O2S/c21-18(17-7-4-12-23-17)22-16-10-8-14(9-11-16)13-19-20-15-5-2-1-3-6-15/h1-13,20H. The Morgan fingerprint density at radius 3 is 2.48 bits per heavy atom. The fourth-order valence-corrected chi connectivity index (χ4v) is 2.47. The molecule has 4 nitrogen and oxygen atoms in total. The van der Waals surface area contributed by atoms with Gasteiger partial charge in [-0.25, -0.2) is 4.79 Å². The molecule has 0 saturated heterocycles. The van der Waals surface area contributed by atoms with Crippen LogP contribution in [-0.4, -0.2) is 12.2 Å². The summed E-state index contributed by atoms with van der Waals surface area (Å²) in [4.78, 5) is 12.4. The molecule has 0 aliphatic rings. The Hall–Kier alpha value is -2.92. The lowest BCUT2D eigenvalue weighted by Crippen LogP contribution is -2.06. The molecule has 3 aromatic rings. The zero-order chi connectivity index (χ0) is 15.9. The van der Waals surface area contributed by atoms with E-state index in [0.29, 0.717) is 10.6 Å². The molecule has 5 heteroatoms. The molecule has 0 unspecified atom stereocenters. The van der Waals surface area contributed by atoms with Crippen LogP contribution in [0.25, 0.3) is 0 Å². The van der Waals surface area contributed by atoms with Gasteiger partial charge in [-0.1, -0.05) is 24.3 Å². The van der Waals surface area contributed by atoms with E-state index >= 15 is 0 Å². The number of esters is 1. The molecule has 0 saturated carbocycles. The van der Waals surface area contributed by atoms with Crippen molar-refractivity contribution < 1.29 is 9.53 Å². The Bertz CT molecular complexity index is 782. The van der Waals surface area contributed by atoms with Crippen molar-refractivity contribution in [1.29, 1.82) is 0 Å². The molecule has 0 atom stereocenters. The molecule has 2 aromatic carbocycles. The van der Waals surface area contributed by atoms with E-state index in [1.165, 1.54) is 11.3 Å². The summed E-state index contributed by atoms with van der Waals surface area (Å²) >= 11 is 1.36. The van der Waals surface area contributed by atoms with E-state index in [-0.39, 0.29) is 5.97 Å². The first kappa shape index (κ1) is 15.0. The lowest BCUT2D eigenvalue weighted by Gasteiger charge is -2.03. The minimum atomic E-state index is -0.341. The topological polar surface area (TPSA) is 50.7 Å². The summed E-state index contributed by atoms with van der Waals surface area (Å²) < 4.78 is 5.30. The molecular weight excluding hydrogens is 308 g/mol. The van der Waals surface area contributed by atoms with Crippen molar-refractivity contribution in [3.63, 3.8) is 0 Å². The predicted octanol–water partition coefficient (Wildman–Crippen LogP) is 4.41. The lowest BCUT2D eigenvalue weighted by molar-refractivity contribution is 0.0740. The molecule has 114 valence electrons. The number of thiophene rings is 1. The van der Waals surface area contributed by atoms with E-state index in [9.17, 15) is 4.79 Å². The van der Waals surface area contributed by atoms with Crippen LogP contribution >= 0.6 is 11.3 Å². The van der Waals surface area contributed by atoms with Crippen molar-refractivity contribution in [2.45, 2.75) is 0 Å². The number of nitrogens with zero attached hydrogens (tertiary/aromatic N) is 1. The van der Waals surface area contributed by atoms with E-state index in [4.69, 9.17) is 4.74 Å². The van der Waals surface area contributed by atoms with Crippen molar-refractivity contribution in [3.8, 4) is 5.75 Å². The number of carbonyl (C=O) groups is 1. The highest BCUT2D eigenvalue weighted by Crippen LogP contribution is 2.16. The second-order valence-corrected chi connectivity index (χ2v) is 5.62. The summed E-state index contributed by atoms with van der Waals surface area (Å²) in [6, 6.07) is 20.4. The molecular formula is C18H14N2O2S. The number of benzene rings is 2. The number of carbonyl (C=O) groups excluding carboxylic acids is 1. The van der Waals surface area contributed by atoms with E-state index in [0.717, 1.165) is 11.3 Å². The second-order valence-electron chi connectivity index (χ2n) is 4.67. The van der Waals surface area contributed by atoms with Crippen LogP contribution in [0.2, 0.25) is 0 Å². The molecule has 0 spiro atoms. The van der Waals surface area contributed by atoms with E-state index in [1.54, 1.807) is 24.4 Å². The van der Waals surface area contributed by atoms with Gasteiger partial charge >= 0.3 is 5.97 Å². The number of hydrazone groups is 1. The van der Waals surface area contributed by atoms with Gasteiger partial charge in [-0.2, -0.15) is 5.10 Å². The van der Waals surface area contributed by atoms with E-state index in [2.05, 4.69) is 10.5 Å². The summed E-state index contributed by atoms with van der Waals surface area (Å²) in [6.07, 6.45) is 1.71. The van der Waals surface area contributed by atoms with Gasteiger partial charge in [0.05, 0.1) is 11.9 Å². The van der Waals surface area contributed by atoms with Crippen LogP contribution in [0.3, 0.4) is 0 Å². The van der Waals surface area contributed by atoms with Gasteiger partial charge in [0, 0.05) is 0 Å². The van der Waals surface area contributed by atoms with Crippen LogP contribution in [-0.2, 0) is 0 Å². The van der Waals surface area contributed by atoms with Crippen LogP contribution in [0.5, 0.6) is 5.75 Å². The Morgan fingerprint density at radius 1 is 1.00 bits per heavy atom. The summed E-state index contributed by atoms with van der Waals surface area (Å²) in [5.74, 6) is 0.170. The Balaban J connectivity index is 1.57. The van der Waals surface area contributed by atoms with E-state index in [1.807, 2.05) is 53.9 Å². The second kappa shape index (κ2) is 7.38. The number of hydrogen-bond donors (Lipinski definition) is 1. The first-order valence-corrected chi connectivity index (χ1v) is 7.89. The molecule has 1 N–H and O–H groups in total. The Kier molecular flexibility index (Phi) is 4.81. The maximum absolute atomic E-state index is 11.8. The molecule has 0 aliphatic carbocycles. The van der Waals surface area contributed by atoms with Crippen LogP contribution in [0, 0.1) is 0 Å². The molecule has 1 aromatic heterocycles. The van der Waals surface area contributed by atoms with Gasteiger partial charge in [0.25, 0.3) is 0 Å². The highest BCUT2D eigenvalue weighted by Gasteiger charge is 2.08. The average molecular weight is 322 g/mol. The van der Waals surface area contributed by atoms with Crippen LogP contribution in [0.15, 0.2) is 77.2 Å². The van der Waals surface area contributed by atoms with Crippen LogP contribution < -0.4 is 10.2 Å². The number of hydrogen-bond acceptors (Lipinski definition) is 5. The van der Waals surface area contributed by atoms with E-state index < -0.39 is 0 Å². The zero-order valence-corrected chi connectivity index (χ0v) is 13.0. The zero-order valence-electron chi connectivity index (χ0n) is 12.2. The van der Waals surface area contributed by atoms with Crippen molar-refractivity contribution in [2.75, 3.05) is 5.43 Å². The first-order chi connectivity index (χ1) is 11.3. The van der Waals surface area contributed by atoms with Gasteiger partial charge in [-0.15, -0.1) is 11.3 Å². The molecule has 0 fully saturated rings. The molecule has 1 heterocycles. The number of para-hydroxylation sites is 1. The van der Waals surface area contributed by atoms with Gasteiger partial charge in [-0.3, -0.25) is 5.43 Å². The number of anilines is 1. The summed E-state index contributed by atoms with van der Waals surface area (Å²) in [5, 5.41) is 6.01. The quantitative estimate of drug-likeness (QED) is 0.327. The third kappa shape index (κ3) is 4.28. The minimum absolute atomic E-state index is 0.341. The highest BCUT2D eigenvalue weighted by atomic mass is 32.1. The van der Waals surface area contributed by atoms with Crippen molar-refractivity contribution >= 4 is 29.2 Å². The Morgan fingerprint density at radius 2 is 1.78 bits per heavy atom. The molecule has 0 amide bonds. The number of nitrogens with one attached hydrogen (secondary N) is 1. The minimum Gasteiger partial charge on any atom is -0.422 e. The number of rotatable bonds is 5. The van der Waals surface area contributed by atoms with Crippen molar-refractivity contribution in [2.24, 2.45) is 5.10 Å². The van der Waals surface area contributed by atoms with Gasteiger partial charge in [0.2, 0.25) is 0 Å². The largest absolute Gasteiger partial charge is 0.422 e. The summed E-state index contributed by atoms with van der Waals surface area (Å²) in [6.45, 7) is 0. The SMILES string of the molecule is O=C(Oc1ccc(C=NNc2ccccc2)cc1)c1cccs1. The molecule has 23 heavy (non-hydrogen) atoms. The van der Waals surface area contributed by atoms with Crippen LogP contribution in [0.4, 0.5) is 5.69 Å². The van der Waals surface area contributed by atoms with Crippen molar-refractivity contribution in [1.82, 2.24) is 0 Å². The third-order valence-corrected chi connectivity index (χ3v) is 3.84. The third-order valence-electron chi connectivity index (χ3n) is 2.99. The number of ether oxygens (including phenoxy) is 1. The maximum Gasteiger partial charge on any atom is 0.353 e. The molecule has 3 rings (SSSR count).